The summed E-state index contributed by atoms with van der Waals surface area (Å²) in [5.74, 6) is -0.0438. The Morgan fingerprint density at radius 1 is 0.969 bits per heavy atom. The lowest BCUT2D eigenvalue weighted by atomic mass is 9.59. The Labute approximate surface area is 373 Å². The van der Waals surface area contributed by atoms with Crippen molar-refractivity contribution in [2.24, 2.45) is 11.3 Å². The number of carbonyl (C=O) groups excluding carboxylic acids is 1. The van der Waals surface area contributed by atoms with Gasteiger partial charge in [0.25, 0.3) is 21.6 Å². The minimum Gasteiger partial charge on any atom is -0.378 e. The lowest BCUT2D eigenvalue weighted by Crippen LogP contribution is -2.55. The maximum absolute atomic E-state index is 14.2. The molecule has 1 unspecified atom stereocenters. The molecule has 2 aliphatic carbocycles. The van der Waals surface area contributed by atoms with E-state index in [0.29, 0.717) is 58.2 Å². The number of H-pyrrole nitrogens is 1. The number of likely N-dealkylation sites (tertiary alicyclic amines) is 1. The molecule has 4 fully saturated rings. The average Bonchev–Trinajstić information content (AvgIpc) is 4.07. The highest BCUT2D eigenvalue weighted by Gasteiger charge is 2.50. The Morgan fingerprint density at radius 3 is 2.55 bits per heavy atom. The van der Waals surface area contributed by atoms with Gasteiger partial charge in [-0.2, -0.15) is 13.5 Å². The molecule has 15 nitrogen and oxygen atoms in total. The SMILES string of the molecule is CC(C)c1ccccc1C1CCCN1C1CC2(CCN(c3ccc(C(=O)NS(=O)(=O)c4cc([N+](=O)[O-])c(NCC5CCCCC5)cn4)c(-n4ncc5nc6[nH]ccc6cc54)c3)CC2)C1. The Kier molecular flexibility index (Phi) is 11.1. The highest BCUT2D eigenvalue weighted by molar-refractivity contribution is 7.90. The van der Waals surface area contributed by atoms with Gasteiger partial charge < -0.3 is 15.2 Å². The summed E-state index contributed by atoms with van der Waals surface area (Å²) in [7, 11) is -4.64. The van der Waals surface area contributed by atoms with E-state index in [-0.39, 0.29) is 11.3 Å². The van der Waals surface area contributed by atoms with Gasteiger partial charge in [-0.05, 0) is 117 Å². The number of nitrogens with zero attached hydrogens (tertiary/aromatic N) is 7. The first-order chi connectivity index (χ1) is 30.9. The van der Waals surface area contributed by atoms with Crippen LogP contribution in [0.4, 0.5) is 17.1 Å². The summed E-state index contributed by atoms with van der Waals surface area (Å²) in [4.78, 5) is 42.8. The summed E-state index contributed by atoms with van der Waals surface area (Å²) in [5, 5.41) is 20.2. The van der Waals surface area contributed by atoms with Gasteiger partial charge in [0.1, 0.15) is 16.9 Å². The van der Waals surface area contributed by atoms with Gasteiger partial charge in [0.15, 0.2) is 5.03 Å². The fraction of sp³-hybridized carbons (Fsp3) is 0.458. The van der Waals surface area contributed by atoms with E-state index in [1.165, 1.54) is 43.2 Å². The zero-order valence-electron chi connectivity index (χ0n) is 36.5. The van der Waals surface area contributed by atoms with Crippen LogP contribution in [0.3, 0.4) is 0 Å². The van der Waals surface area contributed by atoms with E-state index >= 15 is 0 Å². The molecule has 3 N–H and O–H groups in total. The maximum atomic E-state index is 14.2. The molecule has 6 aromatic rings. The van der Waals surface area contributed by atoms with E-state index in [1.54, 1.807) is 23.1 Å². The molecule has 6 heterocycles. The molecular weight excluding hydrogens is 829 g/mol. The van der Waals surface area contributed by atoms with Crippen molar-refractivity contribution in [1.82, 2.24) is 34.4 Å². The molecule has 4 aliphatic rings. The van der Waals surface area contributed by atoms with E-state index < -0.39 is 31.6 Å². The first-order valence-electron chi connectivity index (χ1n) is 23.0. The molecule has 1 atom stereocenters. The number of hydrogen-bond donors (Lipinski definition) is 3. The lowest BCUT2D eigenvalue weighted by molar-refractivity contribution is -0.384. The number of amides is 1. The summed E-state index contributed by atoms with van der Waals surface area (Å²) in [6, 6.07) is 20.2. The number of sulfonamides is 1. The molecule has 2 saturated heterocycles. The summed E-state index contributed by atoms with van der Waals surface area (Å²) in [6.45, 7) is 7.98. The number of aromatic nitrogens is 5. The Morgan fingerprint density at radius 2 is 1.77 bits per heavy atom. The van der Waals surface area contributed by atoms with Gasteiger partial charge in [-0.25, -0.2) is 19.4 Å². The molecule has 2 aliphatic heterocycles. The van der Waals surface area contributed by atoms with Crippen LogP contribution in [0.15, 0.2) is 84.3 Å². The van der Waals surface area contributed by atoms with Crippen molar-refractivity contribution in [3.05, 3.63) is 106 Å². The van der Waals surface area contributed by atoms with Crippen LogP contribution in [-0.4, -0.2) is 81.1 Å². The fourth-order valence-corrected chi connectivity index (χ4v) is 12.1. The molecule has 1 spiro atoms. The monoisotopic (exact) mass is 884 g/mol. The molecule has 64 heavy (non-hydrogen) atoms. The number of anilines is 2. The molecule has 1 amide bonds. The first kappa shape index (κ1) is 42.1. The van der Waals surface area contributed by atoms with Gasteiger partial charge in [-0.15, -0.1) is 0 Å². The van der Waals surface area contributed by atoms with Crippen molar-refractivity contribution in [2.75, 3.05) is 36.4 Å². The molecule has 16 heteroatoms. The van der Waals surface area contributed by atoms with Crippen LogP contribution in [0, 0.1) is 21.4 Å². The summed E-state index contributed by atoms with van der Waals surface area (Å²) in [6.07, 6.45) is 17.1. The average molecular weight is 885 g/mol. The van der Waals surface area contributed by atoms with Crippen molar-refractivity contribution in [1.29, 1.82) is 0 Å². The zero-order valence-corrected chi connectivity index (χ0v) is 37.3. The van der Waals surface area contributed by atoms with Gasteiger partial charge in [-0.1, -0.05) is 57.4 Å². The fourth-order valence-electron chi connectivity index (χ4n) is 11.2. The molecule has 334 valence electrons. The topological polar surface area (TPSA) is 184 Å². The number of rotatable bonds is 12. The lowest BCUT2D eigenvalue weighted by Gasteiger charge is -2.56. The van der Waals surface area contributed by atoms with Gasteiger partial charge in [0.2, 0.25) is 0 Å². The maximum Gasteiger partial charge on any atom is 0.296 e. The largest absolute Gasteiger partial charge is 0.378 e. The normalized spacial score (nSPS) is 19.7. The number of carbonyl (C=O) groups is 1. The molecule has 0 radical (unpaired) electrons. The molecule has 4 aromatic heterocycles. The van der Waals surface area contributed by atoms with Crippen molar-refractivity contribution < 1.29 is 18.1 Å². The molecule has 2 aromatic carbocycles. The second-order valence-corrected chi connectivity index (χ2v) is 20.5. The van der Waals surface area contributed by atoms with Crippen LogP contribution in [0.1, 0.15) is 118 Å². The third kappa shape index (κ3) is 7.99. The van der Waals surface area contributed by atoms with Gasteiger partial charge >= 0.3 is 0 Å². The Balaban J connectivity index is 0.886. The van der Waals surface area contributed by atoms with E-state index in [4.69, 9.17) is 4.98 Å². The van der Waals surface area contributed by atoms with Crippen LogP contribution >= 0.6 is 0 Å². The number of hydrogen-bond acceptors (Lipinski definition) is 11. The minimum absolute atomic E-state index is 0.0567. The van der Waals surface area contributed by atoms with Crippen molar-refractivity contribution in [3.8, 4) is 5.69 Å². The van der Waals surface area contributed by atoms with Crippen LogP contribution < -0.4 is 14.9 Å². The van der Waals surface area contributed by atoms with Gasteiger partial charge in [-0.3, -0.25) is 19.8 Å². The van der Waals surface area contributed by atoms with Crippen LogP contribution in [0.5, 0.6) is 0 Å². The quantitative estimate of drug-likeness (QED) is 0.0787. The third-order valence-corrected chi connectivity index (χ3v) is 15.9. The Bertz CT molecular complexity index is 2830. The predicted molar refractivity (Wildman–Crippen MR) is 247 cm³/mol. The molecule has 2 saturated carbocycles. The standard InChI is InChI=1S/C48H56N10O5S/c1-31(2)36-11-6-7-12-37(36)41-13-8-20-56(41)35-26-48(27-35)17-21-55(22-18-48)34-14-15-38(42(24-34)57-43-23-33-16-19-49-46(33)53-40(43)30-52-57)47(59)54-64(62,63)45-25-44(58(60)61)39(29-51-45)50-28-32-9-4-3-5-10-32/h6-7,11-12,14-16,19,23-25,29-32,35,41,50H,3-5,8-10,13,17-18,20-22,26-28H2,1-2H3,(H,49,53)(H,54,59). The zero-order chi connectivity index (χ0) is 44.2. The minimum atomic E-state index is -4.64. The summed E-state index contributed by atoms with van der Waals surface area (Å²) >= 11 is 0. The second-order valence-electron chi connectivity index (χ2n) is 18.9. The number of pyridine rings is 2. The number of nitrogens with one attached hydrogen (secondary N) is 3. The van der Waals surface area contributed by atoms with Crippen LogP contribution in [0.2, 0.25) is 0 Å². The number of aromatic amines is 1. The number of fused-ring (bicyclic) bond motifs is 2. The molecular formula is C48H56N10O5S. The first-order valence-corrected chi connectivity index (χ1v) is 24.4. The smallest absolute Gasteiger partial charge is 0.296 e. The number of benzene rings is 2. The number of piperidine rings is 1. The highest BCUT2D eigenvalue weighted by atomic mass is 32.2. The predicted octanol–water partition coefficient (Wildman–Crippen LogP) is 9.03. The van der Waals surface area contributed by atoms with Crippen LogP contribution in [-0.2, 0) is 10.0 Å². The van der Waals surface area contributed by atoms with Gasteiger partial charge in [0.05, 0.1) is 40.2 Å². The third-order valence-electron chi connectivity index (χ3n) is 14.6. The van der Waals surface area contributed by atoms with Crippen LogP contribution in [0.25, 0.3) is 27.8 Å². The van der Waals surface area contributed by atoms with Crippen molar-refractivity contribution in [3.63, 3.8) is 0 Å². The van der Waals surface area contributed by atoms with E-state index in [2.05, 4.69) is 73.0 Å². The summed E-state index contributed by atoms with van der Waals surface area (Å²) < 4.78 is 31.4. The number of nitro groups is 1. The van der Waals surface area contributed by atoms with E-state index in [1.807, 2.05) is 24.3 Å². The highest BCUT2D eigenvalue weighted by Crippen LogP contribution is 2.54. The summed E-state index contributed by atoms with van der Waals surface area (Å²) in [5.41, 5.74) is 6.26. The van der Waals surface area contributed by atoms with E-state index in [9.17, 15) is 23.3 Å². The second kappa shape index (κ2) is 16.9. The van der Waals surface area contributed by atoms with Crippen molar-refractivity contribution >= 4 is 55.1 Å². The van der Waals surface area contributed by atoms with Crippen molar-refractivity contribution in [2.45, 2.75) is 108 Å². The molecule has 0 bridgehead atoms. The van der Waals surface area contributed by atoms with E-state index in [0.717, 1.165) is 81.5 Å². The Hall–Kier alpha value is -5.87. The van der Waals surface area contributed by atoms with Gasteiger partial charge in [0, 0.05) is 49.0 Å². The molecule has 10 rings (SSSR count).